The van der Waals surface area contributed by atoms with Crippen LogP contribution in [0.15, 0.2) is 18.2 Å². The van der Waals surface area contributed by atoms with Crippen LogP contribution in [-0.4, -0.2) is 36.4 Å². The number of alkyl halides is 1. The van der Waals surface area contributed by atoms with Crippen molar-refractivity contribution in [1.29, 1.82) is 0 Å². The number of nitrogens with zero attached hydrogens (tertiary/aromatic N) is 1. The van der Waals surface area contributed by atoms with Gasteiger partial charge in [0.15, 0.2) is 11.5 Å². The molecular formula is C15H18ClNO3. The summed E-state index contributed by atoms with van der Waals surface area (Å²) >= 11 is 5.69. The van der Waals surface area contributed by atoms with Crippen LogP contribution in [0.3, 0.4) is 0 Å². The Labute approximate surface area is 123 Å². The number of rotatable bonds is 2. The highest BCUT2D eigenvalue weighted by molar-refractivity contribution is 6.27. The van der Waals surface area contributed by atoms with Crippen molar-refractivity contribution in [2.75, 3.05) is 25.6 Å². The number of likely N-dealkylation sites (tertiary alicyclic amines) is 1. The first-order valence-electron chi connectivity index (χ1n) is 7.04. The molecule has 1 saturated heterocycles. The summed E-state index contributed by atoms with van der Waals surface area (Å²) < 4.78 is 11.4. The van der Waals surface area contributed by atoms with E-state index < -0.39 is 0 Å². The average Bonchev–Trinajstić information content (AvgIpc) is 2.85. The molecule has 1 atom stereocenters. The maximum atomic E-state index is 11.9. The van der Waals surface area contributed by atoms with Gasteiger partial charge in [0.1, 0.15) is 5.88 Å². The molecule has 0 bridgehead atoms. The molecule has 3 rings (SSSR count). The van der Waals surface area contributed by atoms with E-state index in [1.165, 1.54) is 0 Å². The number of hydrogen-bond acceptors (Lipinski definition) is 3. The van der Waals surface area contributed by atoms with Crippen molar-refractivity contribution in [3.63, 3.8) is 0 Å². The molecule has 0 spiro atoms. The zero-order chi connectivity index (χ0) is 13.9. The van der Waals surface area contributed by atoms with Crippen LogP contribution in [0.1, 0.15) is 30.9 Å². The standard InChI is InChI=1S/C15H18ClNO3/c16-10-15(18)17-6-1-3-12(17)11-4-5-13-14(9-11)20-8-2-7-19-13/h4-5,9,12H,1-3,6-8,10H2/t12-/m1/s1. The highest BCUT2D eigenvalue weighted by Gasteiger charge is 2.30. The molecule has 108 valence electrons. The molecule has 2 aliphatic rings. The number of fused-ring (bicyclic) bond motifs is 1. The van der Waals surface area contributed by atoms with Crippen LogP contribution >= 0.6 is 11.6 Å². The Morgan fingerprint density at radius 2 is 2.05 bits per heavy atom. The quantitative estimate of drug-likeness (QED) is 0.788. The smallest absolute Gasteiger partial charge is 0.238 e. The largest absolute Gasteiger partial charge is 0.490 e. The number of benzene rings is 1. The van der Waals surface area contributed by atoms with Crippen molar-refractivity contribution in [3.8, 4) is 11.5 Å². The zero-order valence-electron chi connectivity index (χ0n) is 11.3. The van der Waals surface area contributed by atoms with E-state index in [1.807, 2.05) is 23.1 Å². The van der Waals surface area contributed by atoms with Gasteiger partial charge in [0.2, 0.25) is 5.91 Å². The van der Waals surface area contributed by atoms with Crippen LogP contribution in [-0.2, 0) is 4.79 Å². The van der Waals surface area contributed by atoms with Crippen LogP contribution < -0.4 is 9.47 Å². The number of carbonyl (C=O) groups is 1. The lowest BCUT2D eigenvalue weighted by Gasteiger charge is -2.25. The highest BCUT2D eigenvalue weighted by atomic mass is 35.5. The van der Waals surface area contributed by atoms with Crippen LogP contribution in [0.2, 0.25) is 0 Å². The van der Waals surface area contributed by atoms with Gasteiger partial charge in [-0.3, -0.25) is 4.79 Å². The van der Waals surface area contributed by atoms with Crippen molar-refractivity contribution in [3.05, 3.63) is 23.8 Å². The molecule has 2 heterocycles. The van der Waals surface area contributed by atoms with Gasteiger partial charge in [-0.25, -0.2) is 0 Å². The summed E-state index contributed by atoms with van der Waals surface area (Å²) in [5.74, 6) is 1.62. The van der Waals surface area contributed by atoms with Crippen LogP contribution in [0, 0.1) is 0 Å². The van der Waals surface area contributed by atoms with Crippen molar-refractivity contribution in [2.45, 2.75) is 25.3 Å². The van der Waals surface area contributed by atoms with E-state index >= 15 is 0 Å². The molecule has 0 aromatic heterocycles. The number of amides is 1. The third kappa shape index (κ3) is 2.57. The van der Waals surface area contributed by atoms with Gasteiger partial charge in [0, 0.05) is 13.0 Å². The molecule has 0 saturated carbocycles. The Morgan fingerprint density at radius 1 is 1.25 bits per heavy atom. The molecular weight excluding hydrogens is 278 g/mol. The Bertz CT molecular complexity index is 506. The minimum absolute atomic E-state index is 0.00118. The van der Waals surface area contributed by atoms with Gasteiger partial charge in [-0.2, -0.15) is 0 Å². The maximum absolute atomic E-state index is 11.9. The fourth-order valence-electron chi connectivity index (χ4n) is 2.88. The third-order valence-electron chi connectivity index (χ3n) is 3.84. The van der Waals surface area contributed by atoms with Crippen LogP contribution in [0.5, 0.6) is 11.5 Å². The van der Waals surface area contributed by atoms with Gasteiger partial charge in [-0.1, -0.05) is 6.07 Å². The normalized spacial score (nSPS) is 21.6. The van der Waals surface area contributed by atoms with Crippen molar-refractivity contribution in [2.24, 2.45) is 0 Å². The van der Waals surface area contributed by atoms with Crippen molar-refractivity contribution in [1.82, 2.24) is 4.90 Å². The molecule has 1 amide bonds. The minimum Gasteiger partial charge on any atom is -0.490 e. The van der Waals surface area contributed by atoms with E-state index in [1.54, 1.807) is 0 Å². The fraction of sp³-hybridized carbons (Fsp3) is 0.533. The summed E-state index contributed by atoms with van der Waals surface area (Å²) in [5.41, 5.74) is 1.10. The zero-order valence-corrected chi connectivity index (χ0v) is 12.1. The molecule has 20 heavy (non-hydrogen) atoms. The summed E-state index contributed by atoms with van der Waals surface area (Å²) in [4.78, 5) is 13.7. The highest BCUT2D eigenvalue weighted by Crippen LogP contribution is 2.37. The van der Waals surface area contributed by atoms with E-state index in [0.717, 1.165) is 42.9 Å². The molecule has 0 N–H and O–H groups in total. The van der Waals surface area contributed by atoms with Crippen molar-refractivity contribution < 1.29 is 14.3 Å². The number of hydrogen-bond donors (Lipinski definition) is 0. The minimum atomic E-state index is 0.00118. The molecule has 1 aromatic rings. The van der Waals surface area contributed by atoms with Crippen molar-refractivity contribution >= 4 is 17.5 Å². The molecule has 4 nitrogen and oxygen atoms in total. The molecule has 0 radical (unpaired) electrons. The van der Waals surface area contributed by atoms with Gasteiger partial charge in [0.05, 0.1) is 19.3 Å². The summed E-state index contributed by atoms with van der Waals surface area (Å²) in [6.07, 6.45) is 2.88. The molecule has 5 heteroatoms. The third-order valence-corrected chi connectivity index (χ3v) is 4.07. The first-order chi connectivity index (χ1) is 9.79. The van der Waals surface area contributed by atoms with Crippen LogP contribution in [0.25, 0.3) is 0 Å². The molecule has 1 aromatic carbocycles. The first kappa shape index (κ1) is 13.6. The first-order valence-corrected chi connectivity index (χ1v) is 7.58. The molecule has 0 unspecified atom stereocenters. The van der Waals surface area contributed by atoms with Gasteiger partial charge in [-0.05, 0) is 30.5 Å². The Morgan fingerprint density at radius 3 is 2.85 bits per heavy atom. The van der Waals surface area contributed by atoms with Crippen LogP contribution in [0.4, 0.5) is 0 Å². The van der Waals surface area contributed by atoms with E-state index in [2.05, 4.69) is 0 Å². The predicted octanol–water partition coefficient (Wildman–Crippen LogP) is 2.75. The van der Waals surface area contributed by atoms with Gasteiger partial charge < -0.3 is 14.4 Å². The van der Waals surface area contributed by atoms with E-state index in [0.29, 0.717) is 13.2 Å². The Kier molecular flexibility index (Phi) is 4.01. The monoisotopic (exact) mass is 295 g/mol. The second kappa shape index (κ2) is 5.92. The maximum Gasteiger partial charge on any atom is 0.238 e. The van der Waals surface area contributed by atoms with Gasteiger partial charge >= 0.3 is 0 Å². The van der Waals surface area contributed by atoms with E-state index in [9.17, 15) is 4.79 Å². The van der Waals surface area contributed by atoms with E-state index in [4.69, 9.17) is 21.1 Å². The van der Waals surface area contributed by atoms with E-state index in [-0.39, 0.29) is 17.8 Å². The number of halogens is 1. The SMILES string of the molecule is O=C(CCl)N1CCC[C@@H]1c1ccc2c(c1)OCCCO2. The molecule has 2 aliphatic heterocycles. The second-order valence-corrected chi connectivity index (χ2v) is 5.40. The topological polar surface area (TPSA) is 38.8 Å². The Balaban J connectivity index is 1.86. The number of ether oxygens (including phenoxy) is 2. The lowest BCUT2D eigenvalue weighted by molar-refractivity contribution is -0.129. The molecule has 1 fully saturated rings. The summed E-state index contributed by atoms with van der Waals surface area (Å²) in [5, 5.41) is 0. The molecule has 0 aliphatic carbocycles. The second-order valence-electron chi connectivity index (χ2n) is 5.14. The lowest BCUT2D eigenvalue weighted by Crippen LogP contribution is -2.31. The Hall–Kier alpha value is -1.42. The summed E-state index contributed by atoms with van der Waals surface area (Å²) in [7, 11) is 0. The summed E-state index contributed by atoms with van der Waals surface area (Å²) in [6, 6.07) is 6.08. The van der Waals surface area contributed by atoms with Gasteiger partial charge in [-0.15, -0.1) is 11.6 Å². The predicted molar refractivity (Wildman–Crippen MR) is 76.5 cm³/mol. The van der Waals surface area contributed by atoms with Gasteiger partial charge in [0.25, 0.3) is 0 Å². The summed E-state index contributed by atoms with van der Waals surface area (Å²) in [6.45, 7) is 2.14. The fourth-order valence-corrected chi connectivity index (χ4v) is 3.03. The number of carbonyl (C=O) groups excluding carboxylic acids is 1. The average molecular weight is 296 g/mol. The lowest BCUT2D eigenvalue weighted by atomic mass is 10.0.